The van der Waals surface area contributed by atoms with Crippen molar-refractivity contribution in [3.05, 3.63) is 169 Å². The molecule has 0 bridgehead atoms. The van der Waals surface area contributed by atoms with E-state index in [0.717, 1.165) is 55.2 Å². The van der Waals surface area contributed by atoms with Gasteiger partial charge in [0.1, 0.15) is 0 Å². The number of anilines is 1. The highest BCUT2D eigenvalue weighted by Gasteiger charge is 2.39. The minimum atomic E-state index is -0.344. The van der Waals surface area contributed by atoms with Crippen molar-refractivity contribution in [2.45, 2.75) is 0 Å². The molecular weight excluding hydrogens is 592 g/mol. The Morgan fingerprint density at radius 3 is 1.54 bits per heavy atom. The molecule has 1 aliphatic rings. The number of rotatable bonds is 5. The molecule has 226 valence electrons. The molecule has 48 heavy (non-hydrogen) atoms. The third-order valence-electron chi connectivity index (χ3n) is 9.16. The molecule has 3 aromatic heterocycles. The van der Waals surface area contributed by atoms with Gasteiger partial charge in [-0.15, -0.1) is 0 Å². The summed E-state index contributed by atoms with van der Waals surface area (Å²) >= 11 is 0. The van der Waals surface area contributed by atoms with Gasteiger partial charge < -0.3 is 4.57 Å². The number of hydrogen-bond donors (Lipinski definition) is 0. The van der Waals surface area contributed by atoms with Crippen molar-refractivity contribution in [1.82, 2.24) is 14.5 Å². The molecule has 0 atom stereocenters. The lowest BCUT2D eigenvalue weighted by Gasteiger charge is -2.15. The molecule has 0 fully saturated rings. The monoisotopic (exact) mass is 618 g/mol. The van der Waals surface area contributed by atoms with Crippen LogP contribution in [0.1, 0.15) is 20.7 Å². The van der Waals surface area contributed by atoms with Crippen LogP contribution < -0.4 is 4.90 Å². The van der Waals surface area contributed by atoms with Crippen LogP contribution in [-0.2, 0) is 0 Å². The van der Waals surface area contributed by atoms with Crippen LogP contribution in [-0.4, -0.2) is 26.3 Å². The Morgan fingerprint density at radius 2 is 0.958 bits per heavy atom. The highest BCUT2D eigenvalue weighted by molar-refractivity contribution is 6.35. The van der Waals surface area contributed by atoms with Gasteiger partial charge in [0, 0.05) is 35.6 Å². The molecular formula is C42H26N4O2. The van der Waals surface area contributed by atoms with Crippen LogP contribution in [0.5, 0.6) is 0 Å². The number of imide groups is 1. The van der Waals surface area contributed by atoms with Crippen LogP contribution in [0.3, 0.4) is 0 Å². The Kier molecular flexibility index (Phi) is 6.33. The van der Waals surface area contributed by atoms with E-state index in [1.165, 1.54) is 4.90 Å². The summed E-state index contributed by atoms with van der Waals surface area (Å²) in [4.78, 5) is 38.1. The van der Waals surface area contributed by atoms with Crippen LogP contribution in [0.4, 0.5) is 5.69 Å². The number of nitrogens with zero attached hydrogens (tertiary/aromatic N) is 4. The molecule has 1 aliphatic heterocycles. The zero-order valence-electron chi connectivity index (χ0n) is 25.6. The van der Waals surface area contributed by atoms with E-state index in [-0.39, 0.29) is 11.8 Å². The molecule has 4 heterocycles. The minimum Gasteiger partial charge on any atom is -0.308 e. The zero-order valence-corrected chi connectivity index (χ0v) is 25.6. The number of aromatic nitrogens is 3. The summed E-state index contributed by atoms with van der Waals surface area (Å²) in [5, 5.41) is 2.10. The first-order valence-electron chi connectivity index (χ1n) is 15.7. The molecule has 0 saturated heterocycles. The minimum absolute atomic E-state index is 0.333. The zero-order chi connectivity index (χ0) is 32.2. The van der Waals surface area contributed by atoms with E-state index in [4.69, 9.17) is 0 Å². The average molecular weight is 619 g/mol. The Labute approximate surface area is 276 Å². The summed E-state index contributed by atoms with van der Waals surface area (Å²) in [5.74, 6) is -0.677. The van der Waals surface area contributed by atoms with E-state index in [0.29, 0.717) is 22.5 Å². The highest BCUT2D eigenvalue weighted by Crippen LogP contribution is 2.40. The van der Waals surface area contributed by atoms with Gasteiger partial charge in [-0.1, -0.05) is 72.8 Å². The first-order valence-corrected chi connectivity index (χ1v) is 15.7. The third-order valence-corrected chi connectivity index (χ3v) is 9.16. The number of benzene rings is 5. The first-order chi connectivity index (χ1) is 23.7. The lowest BCUT2D eigenvalue weighted by Crippen LogP contribution is -2.29. The average Bonchev–Trinajstić information content (AvgIpc) is 3.62. The van der Waals surface area contributed by atoms with Crippen molar-refractivity contribution < 1.29 is 9.59 Å². The lowest BCUT2D eigenvalue weighted by molar-refractivity contribution is 0.0926. The van der Waals surface area contributed by atoms with Crippen LogP contribution >= 0.6 is 0 Å². The molecule has 8 aromatic rings. The molecule has 0 radical (unpaired) electrons. The Bertz CT molecular complexity index is 2430. The number of pyridine rings is 2. The van der Waals surface area contributed by atoms with Gasteiger partial charge in [0.2, 0.25) is 0 Å². The van der Waals surface area contributed by atoms with Crippen molar-refractivity contribution in [2.24, 2.45) is 0 Å². The van der Waals surface area contributed by atoms with Gasteiger partial charge in [0.15, 0.2) is 0 Å². The van der Waals surface area contributed by atoms with Crippen LogP contribution in [0.15, 0.2) is 158 Å². The Balaban J connectivity index is 1.24. The molecule has 0 aliphatic carbocycles. The predicted molar refractivity (Wildman–Crippen MR) is 190 cm³/mol. The lowest BCUT2D eigenvalue weighted by atomic mass is 10.0. The Hall–Kier alpha value is -6.66. The van der Waals surface area contributed by atoms with E-state index < -0.39 is 0 Å². The summed E-state index contributed by atoms with van der Waals surface area (Å²) in [7, 11) is 0. The van der Waals surface area contributed by atoms with Gasteiger partial charge in [-0.2, -0.15) is 0 Å². The summed E-state index contributed by atoms with van der Waals surface area (Å²) in [6.45, 7) is 0. The van der Waals surface area contributed by atoms with Gasteiger partial charge in [0.25, 0.3) is 11.8 Å². The normalized spacial score (nSPS) is 12.6. The maximum absolute atomic E-state index is 14.4. The van der Waals surface area contributed by atoms with Crippen LogP contribution in [0, 0.1) is 0 Å². The fourth-order valence-electron chi connectivity index (χ4n) is 6.85. The summed E-state index contributed by atoms with van der Waals surface area (Å²) in [6.07, 6.45) is 7.13. The first kappa shape index (κ1) is 27.6. The van der Waals surface area contributed by atoms with Crippen molar-refractivity contribution >= 4 is 39.3 Å². The molecule has 2 amide bonds. The summed E-state index contributed by atoms with van der Waals surface area (Å²) < 4.78 is 2.13. The second-order valence-corrected chi connectivity index (χ2v) is 11.8. The van der Waals surface area contributed by atoms with Crippen molar-refractivity contribution in [1.29, 1.82) is 0 Å². The largest absolute Gasteiger partial charge is 0.308 e. The predicted octanol–water partition coefficient (Wildman–Crippen LogP) is 9.38. The maximum atomic E-state index is 14.4. The van der Waals surface area contributed by atoms with Gasteiger partial charge >= 0.3 is 0 Å². The van der Waals surface area contributed by atoms with Crippen molar-refractivity contribution in [3.63, 3.8) is 0 Å². The highest BCUT2D eigenvalue weighted by atomic mass is 16.2. The molecule has 0 unspecified atom stereocenters. The van der Waals surface area contributed by atoms with E-state index >= 15 is 0 Å². The van der Waals surface area contributed by atoms with Crippen molar-refractivity contribution in [3.8, 4) is 39.1 Å². The Morgan fingerprint density at radius 1 is 0.438 bits per heavy atom. The second kappa shape index (κ2) is 11.0. The van der Waals surface area contributed by atoms with Gasteiger partial charge in [-0.05, 0) is 94.0 Å². The molecule has 0 N–H and O–H groups in total. The summed E-state index contributed by atoms with van der Waals surface area (Å²) in [5.41, 5.74) is 10.0. The van der Waals surface area contributed by atoms with Gasteiger partial charge in [-0.3, -0.25) is 19.6 Å². The van der Waals surface area contributed by atoms with Crippen LogP contribution in [0.2, 0.25) is 0 Å². The maximum Gasteiger partial charge on any atom is 0.268 e. The SMILES string of the molecule is O=C1c2cccc(-n3c4cc(-c5ccncc5)ccc4c4ccc(-c5ccncc5)cc43)c2C(=O)N1c1ccc(-c2ccccc2)cc1. The number of amides is 2. The van der Waals surface area contributed by atoms with Gasteiger partial charge in [-0.25, -0.2) is 4.90 Å². The fraction of sp³-hybridized carbons (Fsp3) is 0. The number of fused-ring (bicyclic) bond motifs is 4. The van der Waals surface area contributed by atoms with Gasteiger partial charge in [0.05, 0.1) is 33.5 Å². The second-order valence-electron chi connectivity index (χ2n) is 11.8. The number of carbonyl (C=O) groups is 2. The fourth-order valence-corrected chi connectivity index (χ4v) is 6.85. The quantitative estimate of drug-likeness (QED) is 0.180. The number of carbonyl (C=O) groups excluding carboxylic acids is 2. The van der Waals surface area contributed by atoms with Crippen LogP contribution in [0.25, 0.3) is 60.9 Å². The molecule has 5 aromatic carbocycles. The molecule has 6 nitrogen and oxygen atoms in total. The van der Waals surface area contributed by atoms with E-state index in [1.807, 2.05) is 91.0 Å². The standard InChI is InChI=1S/C42H26N4O2/c47-41-36-7-4-8-37(40(36)42(48)45(41)33-13-9-28(10-14-33)27-5-2-1-3-6-27)46-38-25-31(29-17-21-43-22-18-29)11-15-34(38)35-16-12-32(26-39(35)46)30-19-23-44-24-20-30/h1-26H. The van der Waals surface area contributed by atoms with E-state index in [1.54, 1.807) is 30.9 Å². The van der Waals surface area contributed by atoms with E-state index in [9.17, 15) is 9.59 Å². The smallest absolute Gasteiger partial charge is 0.268 e. The molecule has 0 spiro atoms. The number of hydrogen-bond acceptors (Lipinski definition) is 4. The molecule has 9 rings (SSSR count). The van der Waals surface area contributed by atoms with Crippen molar-refractivity contribution in [2.75, 3.05) is 4.90 Å². The van der Waals surface area contributed by atoms with E-state index in [2.05, 4.69) is 50.9 Å². The third kappa shape index (κ3) is 4.35. The molecule has 6 heteroatoms. The topological polar surface area (TPSA) is 68.1 Å². The molecule has 0 saturated carbocycles. The summed E-state index contributed by atoms with van der Waals surface area (Å²) in [6, 6.07) is 43.9.